The second-order valence-corrected chi connectivity index (χ2v) is 11.0. The highest BCUT2D eigenvalue weighted by atomic mass is 16.6. The first-order valence-corrected chi connectivity index (χ1v) is 12.6. The summed E-state index contributed by atoms with van der Waals surface area (Å²) in [5, 5.41) is 12.6. The molecule has 1 saturated heterocycles. The van der Waals surface area contributed by atoms with Gasteiger partial charge in [-0.25, -0.2) is 0 Å². The van der Waals surface area contributed by atoms with Crippen LogP contribution < -0.4 is 5.32 Å². The molecule has 172 valence electrons. The molecule has 0 aromatic heterocycles. The van der Waals surface area contributed by atoms with Crippen LogP contribution >= 0.6 is 0 Å². The molecule has 0 radical (unpaired) electrons. The molecule has 1 N–H and O–H groups in total. The molecule has 31 heavy (non-hydrogen) atoms. The van der Waals surface area contributed by atoms with Crippen LogP contribution in [0, 0.1) is 34.5 Å². The molecule has 0 aromatic carbocycles. The summed E-state index contributed by atoms with van der Waals surface area (Å²) in [5.41, 5.74) is 2.55. The van der Waals surface area contributed by atoms with Crippen molar-refractivity contribution in [2.24, 2.45) is 44.8 Å². The second kappa shape index (κ2) is 8.17. The number of rotatable bonds is 4. The topological polar surface area (TPSA) is 72.3 Å². The smallest absolute Gasteiger partial charge is 0.141 e. The van der Waals surface area contributed by atoms with E-state index in [0.29, 0.717) is 29.5 Å². The SMILES string of the molecule is CC[C@]12CCC(=NO[C@H]3CCNC3)C[C@@H]1/C(=N/OC)CC1C2CC[C@]2(C)C(=O)CCC12. The fraction of sp³-hybridized carbons (Fsp3) is 0.880. The van der Waals surface area contributed by atoms with Crippen molar-refractivity contribution in [2.75, 3.05) is 20.2 Å². The number of ketones is 1. The summed E-state index contributed by atoms with van der Waals surface area (Å²) in [6, 6.07) is 0. The molecule has 6 nitrogen and oxygen atoms in total. The molecule has 5 rings (SSSR count). The average Bonchev–Trinajstić information content (AvgIpc) is 3.40. The fourth-order valence-electron chi connectivity index (χ4n) is 8.28. The predicted molar refractivity (Wildman–Crippen MR) is 121 cm³/mol. The number of carbonyl (C=O) groups is 1. The summed E-state index contributed by atoms with van der Waals surface area (Å²) < 4.78 is 0. The van der Waals surface area contributed by atoms with Gasteiger partial charge in [-0.15, -0.1) is 0 Å². The van der Waals surface area contributed by atoms with E-state index in [1.165, 1.54) is 24.3 Å². The molecule has 5 fully saturated rings. The monoisotopic (exact) mass is 429 g/mol. The lowest BCUT2D eigenvalue weighted by molar-refractivity contribution is -0.133. The first-order valence-electron chi connectivity index (χ1n) is 12.6. The molecule has 0 bridgehead atoms. The van der Waals surface area contributed by atoms with Gasteiger partial charge in [0.25, 0.3) is 0 Å². The summed E-state index contributed by atoms with van der Waals surface area (Å²) in [4.78, 5) is 24.0. The van der Waals surface area contributed by atoms with E-state index in [0.717, 1.165) is 64.5 Å². The highest BCUT2D eigenvalue weighted by molar-refractivity contribution is 5.96. The minimum absolute atomic E-state index is 0.106. The summed E-state index contributed by atoms with van der Waals surface area (Å²) >= 11 is 0. The first-order chi connectivity index (χ1) is 15.0. The maximum absolute atomic E-state index is 12.8. The van der Waals surface area contributed by atoms with E-state index in [2.05, 4.69) is 29.5 Å². The van der Waals surface area contributed by atoms with Gasteiger partial charge in [0, 0.05) is 30.7 Å². The summed E-state index contributed by atoms with van der Waals surface area (Å²) in [7, 11) is 1.67. The summed E-state index contributed by atoms with van der Waals surface area (Å²) in [6.07, 6.45) is 10.6. The second-order valence-electron chi connectivity index (χ2n) is 11.0. The van der Waals surface area contributed by atoms with Crippen LogP contribution in [-0.2, 0) is 14.5 Å². The number of fused-ring (bicyclic) bond motifs is 5. The number of nitrogens with one attached hydrogen (secondary N) is 1. The van der Waals surface area contributed by atoms with Crippen LogP contribution in [-0.4, -0.2) is 43.5 Å². The van der Waals surface area contributed by atoms with Crippen molar-refractivity contribution < 1.29 is 14.5 Å². The van der Waals surface area contributed by atoms with Crippen molar-refractivity contribution in [1.29, 1.82) is 0 Å². The van der Waals surface area contributed by atoms with Crippen molar-refractivity contribution in [3.8, 4) is 0 Å². The lowest BCUT2D eigenvalue weighted by Gasteiger charge is -2.60. The molecule has 4 aliphatic carbocycles. The minimum atomic E-state index is -0.106. The normalized spacial score (nSPS) is 47.2. The first kappa shape index (κ1) is 21.4. The molecule has 5 aliphatic rings. The molecule has 4 saturated carbocycles. The van der Waals surface area contributed by atoms with Crippen molar-refractivity contribution in [1.82, 2.24) is 5.32 Å². The molecule has 6 heteroatoms. The quantitative estimate of drug-likeness (QED) is 0.675. The van der Waals surface area contributed by atoms with Crippen LogP contribution in [0.25, 0.3) is 0 Å². The van der Waals surface area contributed by atoms with Crippen LogP contribution in [0.2, 0.25) is 0 Å². The van der Waals surface area contributed by atoms with Gasteiger partial charge in [-0.3, -0.25) is 4.79 Å². The largest absolute Gasteiger partial charge is 0.399 e. The molecule has 1 heterocycles. The predicted octanol–water partition coefficient (Wildman–Crippen LogP) is 4.34. The van der Waals surface area contributed by atoms with Gasteiger partial charge in [-0.05, 0) is 81.1 Å². The van der Waals surface area contributed by atoms with Gasteiger partial charge in [0.2, 0.25) is 0 Å². The molecule has 1 aliphatic heterocycles. The maximum atomic E-state index is 12.8. The van der Waals surface area contributed by atoms with Gasteiger partial charge in [0.1, 0.15) is 19.0 Å². The molecule has 7 atom stereocenters. The number of hydrogen-bond acceptors (Lipinski definition) is 6. The van der Waals surface area contributed by atoms with Crippen molar-refractivity contribution in [3.05, 3.63) is 0 Å². The number of oxime groups is 2. The third-order valence-corrected chi connectivity index (χ3v) is 9.96. The Morgan fingerprint density at radius 2 is 1.97 bits per heavy atom. The molecule has 0 aromatic rings. The molecule has 0 amide bonds. The minimum Gasteiger partial charge on any atom is -0.399 e. The summed E-state index contributed by atoms with van der Waals surface area (Å²) in [6.45, 7) is 6.55. The molecule has 3 unspecified atom stereocenters. The highest BCUT2D eigenvalue weighted by Gasteiger charge is 2.62. The number of Topliss-reactive ketones (excluding diaryl/α,β-unsaturated/α-hetero) is 1. The Morgan fingerprint density at radius 3 is 2.71 bits per heavy atom. The number of hydrogen-bond donors (Lipinski definition) is 1. The Bertz CT molecular complexity index is 774. The van der Waals surface area contributed by atoms with E-state index in [1.54, 1.807) is 7.11 Å². The highest BCUT2D eigenvalue weighted by Crippen LogP contribution is 2.65. The van der Waals surface area contributed by atoms with Gasteiger partial charge >= 0.3 is 0 Å². The van der Waals surface area contributed by atoms with Gasteiger partial charge in [-0.1, -0.05) is 24.2 Å². The van der Waals surface area contributed by atoms with Crippen LogP contribution in [0.4, 0.5) is 0 Å². The van der Waals surface area contributed by atoms with Gasteiger partial charge in [0.05, 0.1) is 11.4 Å². The van der Waals surface area contributed by atoms with Crippen molar-refractivity contribution >= 4 is 17.2 Å². The van der Waals surface area contributed by atoms with Crippen LogP contribution in [0.1, 0.15) is 78.1 Å². The Labute approximate surface area is 186 Å². The third kappa shape index (κ3) is 3.35. The van der Waals surface area contributed by atoms with E-state index < -0.39 is 0 Å². The van der Waals surface area contributed by atoms with Crippen LogP contribution in [0.15, 0.2) is 10.3 Å². The van der Waals surface area contributed by atoms with Crippen molar-refractivity contribution in [2.45, 2.75) is 84.2 Å². The zero-order chi connectivity index (χ0) is 21.6. The fourth-order valence-corrected chi connectivity index (χ4v) is 8.28. The average molecular weight is 430 g/mol. The van der Waals surface area contributed by atoms with E-state index in [9.17, 15) is 4.79 Å². The Hall–Kier alpha value is -1.43. The third-order valence-electron chi connectivity index (χ3n) is 9.96. The zero-order valence-electron chi connectivity index (χ0n) is 19.5. The van der Waals surface area contributed by atoms with E-state index in [1.807, 2.05) is 0 Å². The zero-order valence-corrected chi connectivity index (χ0v) is 19.5. The standard InChI is InChI=1S/C25H39N3O3/c1-4-25-11-7-16(27-31-17-9-12-26-15-17)13-21(25)22(28-30-3)14-18-19-5-6-23(29)24(19,2)10-8-20(18)25/h17-21,26H,4-15H2,1-3H3/b27-16?,28-22+/t17-,18?,19?,20?,21+,24-,25+/m0/s1. The maximum Gasteiger partial charge on any atom is 0.141 e. The van der Waals surface area contributed by atoms with E-state index in [4.69, 9.17) is 9.68 Å². The molecular weight excluding hydrogens is 390 g/mol. The number of nitrogens with zero attached hydrogens (tertiary/aromatic N) is 2. The Kier molecular flexibility index (Phi) is 5.64. The van der Waals surface area contributed by atoms with E-state index in [-0.39, 0.29) is 16.9 Å². The van der Waals surface area contributed by atoms with E-state index >= 15 is 0 Å². The Balaban J connectivity index is 1.43. The van der Waals surface area contributed by atoms with Gasteiger partial charge in [0.15, 0.2) is 0 Å². The van der Waals surface area contributed by atoms with Gasteiger partial charge in [-0.2, -0.15) is 0 Å². The van der Waals surface area contributed by atoms with Crippen LogP contribution in [0.3, 0.4) is 0 Å². The van der Waals surface area contributed by atoms with Crippen molar-refractivity contribution in [3.63, 3.8) is 0 Å². The van der Waals surface area contributed by atoms with Gasteiger partial charge < -0.3 is 15.0 Å². The lowest BCUT2D eigenvalue weighted by Crippen LogP contribution is -2.57. The summed E-state index contributed by atoms with van der Waals surface area (Å²) in [5.74, 6) is 2.65. The lowest BCUT2D eigenvalue weighted by atomic mass is 9.43. The Morgan fingerprint density at radius 1 is 1.10 bits per heavy atom. The number of carbonyl (C=O) groups excluding carboxylic acids is 1. The molecule has 0 spiro atoms. The van der Waals surface area contributed by atoms with Crippen LogP contribution in [0.5, 0.6) is 0 Å². The molecular formula is C25H39N3O3.